The summed E-state index contributed by atoms with van der Waals surface area (Å²) < 4.78 is 1.37. The highest BCUT2D eigenvalue weighted by atomic mass is 16.3. The molecule has 5 rings (SSSR count). The van der Waals surface area contributed by atoms with Crippen molar-refractivity contribution in [3.63, 3.8) is 0 Å². The zero-order valence-electron chi connectivity index (χ0n) is 19.0. The summed E-state index contributed by atoms with van der Waals surface area (Å²) in [7, 11) is 0. The van der Waals surface area contributed by atoms with Gasteiger partial charge in [-0.25, -0.2) is 4.79 Å². The van der Waals surface area contributed by atoms with Crippen LogP contribution in [0.25, 0.3) is 22.4 Å². The lowest BCUT2D eigenvalue weighted by atomic mass is 9.96. The Morgan fingerprint density at radius 1 is 0.882 bits per heavy atom. The Balaban J connectivity index is 1.32. The van der Waals surface area contributed by atoms with Crippen LogP contribution in [-0.2, 0) is 13.0 Å². The Morgan fingerprint density at radius 3 is 2.44 bits per heavy atom. The normalized spacial score (nSPS) is 15.9. The van der Waals surface area contributed by atoms with Gasteiger partial charge in [0.15, 0.2) is 0 Å². The topological polar surface area (TPSA) is 71.2 Å². The predicted octanol–water partition coefficient (Wildman–Crippen LogP) is 5.17. The molecular weight excluding hydrogens is 424 g/mol. The molecule has 1 saturated heterocycles. The Kier molecular flexibility index (Phi) is 6.49. The quantitative estimate of drug-likeness (QED) is 0.453. The molecule has 1 atom stereocenters. The van der Waals surface area contributed by atoms with Gasteiger partial charge in [-0.15, -0.1) is 5.10 Å². The number of carbonyl (C=O) groups is 1. The van der Waals surface area contributed by atoms with Crippen molar-refractivity contribution in [3.8, 4) is 22.4 Å². The predicted molar refractivity (Wildman–Crippen MR) is 132 cm³/mol. The SMILES string of the molecule is O=C(N1CCCCC1Cc1ccccc1)n1cc(-c2ccc(-c3cccc(CO)c3)cc2)nn1. The van der Waals surface area contributed by atoms with Gasteiger partial charge in [-0.1, -0.05) is 78.0 Å². The van der Waals surface area contributed by atoms with Gasteiger partial charge in [0.2, 0.25) is 0 Å². The van der Waals surface area contributed by atoms with Gasteiger partial charge in [0.25, 0.3) is 0 Å². The number of hydrogen-bond acceptors (Lipinski definition) is 4. The number of nitrogens with zero attached hydrogens (tertiary/aromatic N) is 4. The van der Waals surface area contributed by atoms with Crippen LogP contribution in [0.1, 0.15) is 30.4 Å². The first-order valence-electron chi connectivity index (χ1n) is 11.8. The van der Waals surface area contributed by atoms with Crippen molar-refractivity contribution in [1.29, 1.82) is 0 Å². The van der Waals surface area contributed by atoms with E-state index < -0.39 is 0 Å². The van der Waals surface area contributed by atoms with Gasteiger partial charge < -0.3 is 10.0 Å². The maximum Gasteiger partial charge on any atom is 0.346 e. The molecular formula is C28H28N4O2. The summed E-state index contributed by atoms with van der Waals surface area (Å²) >= 11 is 0. The van der Waals surface area contributed by atoms with Crippen LogP contribution < -0.4 is 0 Å². The van der Waals surface area contributed by atoms with Crippen LogP contribution in [0, 0.1) is 0 Å². The van der Waals surface area contributed by atoms with Crippen molar-refractivity contribution in [2.45, 2.75) is 38.3 Å². The number of carbonyl (C=O) groups excluding carboxylic acids is 1. The van der Waals surface area contributed by atoms with Gasteiger partial charge in [0, 0.05) is 18.2 Å². The van der Waals surface area contributed by atoms with Gasteiger partial charge >= 0.3 is 6.03 Å². The van der Waals surface area contributed by atoms with Crippen LogP contribution in [0.3, 0.4) is 0 Å². The summed E-state index contributed by atoms with van der Waals surface area (Å²) in [6.45, 7) is 0.763. The summed E-state index contributed by atoms with van der Waals surface area (Å²) in [6.07, 6.45) is 5.72. The van der Waals surface area contributed by atoms with E-state index in [0.29, 0.717) is 5.69 Å². The number of piperidine rings is 1. The first-order valence-corrected chi connectivity index (χ1v) is 11.8. The summed E-state index contributed by atoms with van der Waals surface area (Å²) in [5, 5.41) is 17.8. The maximum absolute atomic E-state index is 13.3. The molecule has 1 aliphatic heterocycles. The van der Waals surface area contributed by atoms with Gasteiger partial charge in [-0.2, -0.15) is 4.68 Å². The van der Waals surface area contributed by atoms with Crippen molar-refractivity contribution in [2.75, 3.05) is 6.54 Å². The second-order valence-electron chi connectivity index (χ2n) is 8.80. The molecule has 6 nitrogen and oxygen atoms in total. The van der Waals surface area contributed by atoms with Crippen molar-refractivity contribution in [1.82, 2.24) is 19.9 Å². The maximum atomic E-state index is 13.3. The van der Waals surface area contributed by atoms with Gasteiger partial charge in [-0.3, -0.25) is 0 Å². The molecule has 34 heavy (non-hydrogen) atoms. The summed E-state index contributed by atoms with van der Waals surface area (Å²) in [6, 6.07) is 26.3. The molecule has 0 radical (unpaired) electrons. The molecule has 6 heteroatoms. The molecule has 0 aliphatic carbocycles. The summed E-state index contributed by atoms with van der Waals surface area (Å²) in [4.78, 5) is 15.3. The van der Waals surface area contributed by atoms with Crippen LogP contribution in [0.2, 0.25) is 0 Å². The molecule has 1 fully saturated rings. The standard InChI is InChI=1S/C28H28N4O2/c33-20-22-9-6-10-25(17-22)23-12-14-24(15-13-23)27-19-32(30-29-27)28(34)31-16-5-4-11-26(31)18-21-7-2-1-3-8-21/h1-3,6-10,12-15,17,19,26,33H,4-5,11,16,18,20H2. The van der Waals surface area contributed by atoms with Crippen molar-refractivity contribution in [2.24, 2.45) is 0 Å². The Labute approximate surface area is 199 Å². The molecule has 2 heterocycles. The lowest BCUT2D eigenvalue weighted by Crippen LogP contribution is -2.46. The molecule has 1 unspecified atom stereocenters. The van der Waals surface area contributed by atoms with Gasteiger partial charge in [0.1, 0.15) is 5.69 Å². The van der Waals surface area contributed by atoms with Crippen molar-refractivity contribution in [3.05, 3.63) is 96.2 Å². The van der Waals surface area contributed by atoms with E-state index in [-0.39, 0.29) is 18.7 Å². The van der Waals surface area contributed by atoms with E-state index in [4.69, 9.17) is 0 Å². The van der Waals surface area contributed by atoms with Crippen LogP contribution in [0.5, 0.6) is 0 Å². The highest BCUT2D eigenvalue weighted by Gasteiger charge is 2.28. The number of aromatic nitrogens is 3. The number of amides is 1. The molecule has 1 aliphatic rings. The van der Waals surface area contributed by atoms with E-state index in [1.165, 1.54) is 10.2 Å². The molecule has 0 bridgehead atoms. The number of hydrogen-bond donors (Lipinski definition) is 1. The average molecular weight is 453 g/mol. The lowest BCUT2D eigenvalue weighted by Gasteiger charge is -2.35. The number of aliphatic hydroxyl groups is 1. The third kappa shape index (κ3) is 4.77. The van der Waals surface area contributed by atoms with Crippen molar-refractivity contribution < 1.29 is 9.90 Å². The summed E-state index contributed by atoms with van der Waals surface area (Å²) in [5.41, 5.74) is 5.80. The molecule has 0 saturated carbocycles. The third-order valence-corrected chi connectivity index (χ3v) is 6.50. The van der Waals surface area contributed by atoms with Gasteiger partial charge in [0.05, 0.1) is 12.8 Å². The van der Waals surface area contributed by atoms with E-state index in [1.807, 2.05) is 71.6 Å². The Hall–Kier alpha value is -3.77. The fourth-order valence-corrected chi connectivity index (χ4v) is 4.65. The fourth-order valence-electron chi connectivity index (χ4n) is 4.65. The van der Waals surface area contributed by atoms with E-state index >= 15 is 0 Å². The number of aliphatic hydroxyl groups excluding tert-OH is 1. The number of likely N-dealkylation sites (tertiary alicyclic amines) is 1. The second kappa shape index (κ2) is 10.0. The minimum absolute atomic E-state index is 0.0201. The summed E-state index contributed by atoms with van der Waals surface area (Å²) in [5.74, 6) is 0. The van der Waals surface area contributed by atoms with Crippen LogP contribution in [0.4, 0.5) is 4.79 Å². The highest BCUT2D eigenvalue weighted by molar-refractivity contribution is 5.77. The Bertz CT molecular complexity index is 1250. The molecule has 1 aromatic heterocycles. The van der Waals surface area contributed by atoms with E-state index in [2.05, 4.69) is 22.4 Å². The van der Waals surface area contributed by atoms with Crippen LogP contribution >= 0.6 is 0 Å². The molecule has 1 N–H and O–H groups in total. The smallest absolute Gasteiger partial charge is 0.346 e. The minimum Gasteiger partial charge on any atom is -0.392 e. The molecule has 0 spiro atoms. The molecule has 1 amide bonds. The molecule has 4 aromatic rings. The zero-order chi connectivity index (χ0) is 23.3. The largest absolute Gasteiger partial charge is 0.392 e. The third-order valence-electron chi connectivity index (χ3n) is 6.50. The second-order valence-corrected chi connectivity index (χ2v) is 8.80. The van der Waals surface area contributed by atoms with E-state index in [1.54, 1.807) is 6.20 Å². The molecule has 3 aromatic carbocycles. The first-order chi connectivity index (χ1) is 16.7. The van der Waals surface area contributed by atoms with E-state index in [9.17, 15) is 9.90 Å². The highest BCUT2D eigenvalue weighted by Crippen LogP contribution is 2.25. The van der Waals surface area contributed by atoms with E-state index in [0.717, 1.165) is 54.5 Å². The first kappa shape index (κ1) is 22.0. The van der Waals surface area contributed by atoms with Crippen LogP contribution in [-0.4, -0.2) is 43.6 Å². The number of rotatable bonds is 5. The average Bonchev–Trinajstić information content (AvgIpc) is 3.40. The molecule has 172 valence electrons. The monoisotopic (exact) mass is 452 g/mol. The fraction of sp³-hybridized carbons (Fsp3) is 0.250. The minimum atomic E-state index is -0.114. The zero-order valence-corrected chi connectivity index (χ0v) is 19.0. The lowest BCUT2D eigenvalue weighted by molar-refractivity contribution is 0.149. The number of benzene rings is 3. The van der Waals surface area contributed by atoms with Gasteiger partial charge in [-0.05, 0) is 54.0 Å². The van der Waals surface area contributed by atoms with Crippen LogP contribution in [0.15, 0.2) is 85.1 Å². The van der Waals surface area contributed by atoms with Crippen molar-refractivity contribution >= 4 is 6.03 Å². The Morgan fingerprint density at radius 2 is 1.65 bits per heavy atom.